The van der Waals surface area contributed by atoms with Gasteiger partial charge < -0.3 is 10.1 Å². The molecule has 1 amide bonds. The van der Waals surface area contributed by atoms with E-state index in [0.29, 0.717) is 12.2 Å². The third-order valence-corrected chi connectivity index (χ3v) is 6.34. The number of anilines is 1. The minimum absolute atomic E-state index is 0.100. The fraction of sp³-hybridized carbons (Fsp3) is 0.409. The van der Waals surface area contributed by atoms with Gasteiger partial charge in [-0.2, -0.15) is 0 Å². The molecule has 30 heavy (non-hydrogen) atoms. The van der Waals surface area contributed by atoms with Crippen LogP contribution < -0.4 is 14.4 Å². The van der Waals surface area contributed by atoms with Gasteiger partial charge in [0.15, 0.2) is 0 Å². The van der Waals surface area contributed by atoms with Crippen molar-refractivity contribution in [2.24, 2.45) is 0 Å². The largest absolute Gasteiger partial charge is 0.487 e. The van der Waals surface area contributed by atoms with Gasteiger partial charge in [0.05, 0.1) is 18.0 Å². The molecule has 1 aliphatic heterocycles. The highest BCUT2D eigenvalue weighted by Gasteiger charge is 2.37. The van der Waals surface area contributed by atoms with Gasteiger partial charge in [-0.15, -0.1) is 0 Å². The number of fused-ring (bicyclic) bond motifs is 1. The van der Waals surface area contributed by atoms with Gasteiger partial charge in [-0.1, -0.05) is 18.2 Å². The molecule has 2 aromatic rings. The molecule has 0 saturated carbocycles. The van der Waals surface area contributed by atoms with Gasteiger partial charge in [-0.3, -0.25) is 9.10 Å². The lowest BCUT2D eigenvalue weighted by atomic mass is 9.89. The molecule has 1 N–H and O–H groups in total. The van der Waals surface area contributed by atoms with Gasteiger partial charge in [0.2, 0.25) is 15.9 Å². The molecule has 1 heterocycles. The second-order valence-corrected chi connectivity index (χ2v) is 10.2. The number of hydrogen-bond acceptors (Lipinski definition) is 4. The number of aryl methyl sites for hydroxylation is 1. The molecule has 0 unspecified atom stereocenters. The molecule has 0 fully saturated rings. The summed E-state index contributed by atoms with van der Waals surface area (Å²) < 4.78 is 45.5. The number of ether oxygens (including phenoxy) is 1. The van der Waals surface area contributed by atoms with E-state index >= 15 is 0 Å². The van der Waals surface area contributed by atoms with Crippen molar-refractivity contribution < 1.29 is 22.3 Å². The SMILES string of the molecule is Cc1ccc2c(c1)OC(C)(C)C[C@H]2NC(=O)[C@H](C)N(c1cccc(F)c1)S(C)(=O)=O. The van der Waals surface area contributed by atoms with Crippen LogP contribution in [0.5, 0.6) is 5.75 Å². The quantitative estimate of drug-likeness (QED) is 0.779. The molecular weight excluding hydrogens is 407 g/mol. The average molecular weight is 435 g/mol. The maximum absolute atomic E-state index is 13.7. The first-order valence-corrected chi connectivity index (χ1v) is 11.6. The summed E-state index contributed by atoms with van der Waals surface area (Å²) in [5.41, 5.74) is 1.49. The molecule has 6 nitrogen and oxygen atoms in total. The second-order valence-electron chi connectivity index (χ2n) is 8.38. The highest BCUT2D eigenvalue weighted by Crippen LogP contribution is 2.40. The van der Waals surface area contributed by atoms with E-state index in [2.05, 4.69) is 5.32 Å². The van der Waals surface area contributed by atoms with E-state index in [4.69, 9.17) is 4.74 Å². The summed E-state index contributed by atoms with van der Waals surface area (Å²) in [7, 11) is -3.83. The summed E-state index contributed by atoms with van der Waals surface area (Å²) in [5, 5.41) is 2.97. The molecule has 2 atom stereocenters. The molecule has 1 aliphatic rings. The number of halogens is 1. The summed E-state index contributed by atoms with van der Waals surface area (Å²) >= 11 is 0. The summed E-state index contributed by atoms with van der Waals surface area (Å²) in [6.07, 6.45) is 1.53. The summed E-state index contributed by atoms with van der Waals surface area (Å²) in [5.74, 6) is -0.350. The molecule has 0 saturated heterocycles. The van der Waals surface area contributed by atoms with Gasteiger partial charge >= 0.3 is 0 Å². The number of carbonyl (C=O) groups excluding carboxylic acids is 1. The van der Waals surface area contributed by atoms with E-state index in [0.717, 1.165) is 27.8 Å². The fourth-order valence-corrected chi connectivity index (χ4v) is 4.97. The van der Waals surface area contributed by atoms with Crippen LogP contribution in [0.4, 0.5) is 10.1 Å². The van der Waals surface area contributed by atoms with Crippen LogP contribution in [0.25, 0.3) is 0 Å². The predicted octanol–water partition coefficient (Wildman–Crippen LogP) is 3.71. The maximum Gasteiger partial charge on any atom is 0.244 e. The van der Waals surface area contributed by atoms with Crippen molar-refractivity contribution in [1.82, 2.24) is 5.32 Å². The van der Waals surface area contributed by atoms with E-state index in [-0.39, 0.29) is 11.7 Å². The van der Waals surface area contributed by atoms with Crippen molar-refractivity contribution in [3.05, 3.63) is 59.4 Å². The number of rotatable bonds is 5. The number of benzene rings is 2. The van der Waals surface area contributed by atoms with E-state index < -0.39 is 33.4 Å². The Hall–Kier alpha value is -2.61. The normalized spacial score (nSPS) is 18.7. The van der Waals surface area contributed by atoms with Crippen LogP contribution in [-0.2, 0) is 14.8 Å². The standard InChI is InChI=1S/C22H27FN2O4S/c1-14-9-10-18-19(13-22(3,4)29-20(18)11-14)24-21(26)15(2)25(30(5,27)28)17-8-6-7-16(23)12-17/h6-12,15,19H,13H2,1-5H3,(H,24,26)/t15-,19+/m0/s1. The Bertz CT molecular complexity index is 1070. The number of nitrogens with zero attached hydrogens (tertiary/aromatic N) is 1. The number of sulfonamides is 1. The smallest absolute Gasteiger partial charge is 0.244 e. The third-order valence-electron chi connectivity index (χ3n) is 5.09. The molecule has 162 valence electrons. The van der Waals surface area contributed by atoms with Gasteiger partial charge in [0.1, 0.15) is 23.2 Å². The zero-order valence-corrected chi connectivity index (χ0v) is 18.6. The van der Waals surface area contributed by atoms with Gasteiger partial charge in [-0.25, -0.2) is 12.8 Å². The highest BCUT2D eigenvalue weighted by atomic mass is 32.2. The van der Waals surface area contributed by atoms with Crippen molar-refractivity contribution in [2.75, 3.05) is 10.6 Å². The molecule has 0 bridgehead atoms. The first kappa shape index (κ1) is 22.1. The average Bonchev–Trinajstić information content (AvgIpc) is 2.59. The third kappa shape index (κ3) is 4.75. The van der Waals surface area contributed by atoms with Crippen molar-refractivity contribution in [3.63, 3.8) is 0 Å². The minimum Gasteiger partial charge on any atom is -0.487 e. The van der Waals surface area contributed by atoms with Crippen LogP contribution in [0.2, 0.25) is 0 Å². The topological polar surface area (TPSA) is 75.7 Å². The molecule has 0 aromatic heterocycles. The van der Waals surface area contributed by atoms with E-state index in [1.165, 1.54) is 25.1 Å². The highest BCUT2D eigenvalue weighted by molar-refractivity contribution is 7.92. The van der Waals surface area contributed by atoms with Crippen LogP contribution in [0.1, 0.15) is 44.4 Å². The van der Waals surface area contributed by atoms with Gasteiger partial charge in [0.25, 0.3) is 0 Å². The number of amides is 1. The van der Waals surface area contributed by atoms with Crippen LogP contribution in [0.3, 0.4) is 0 Å². The first-order valence-electron chi connectivity index (χ1n) is 9.72. The monoisotopic (exact) mass is 434 g/mol. The van der Waals surface area contributed by atoms with Crippen LogP contribution >= 0.6 is 0 Å². The Balaban J connectivity index is 1.91. The van der Waals surface area contributed by atoms with Crippen molar-refractivity contribution in [3.8, 4) is 5.75 Å². The van der Waals surface area contributed by atoms with Crippen LogP contribution in [0, 0.1) is 12.7 Å². The van der Waals surface area contributed by atoms with Gasteiger partial charge in [-0.05, 0) is 57.5 Å². The molecule has 3 rings (SSSR count). The summed E-state index contributed by atoms with van der Waals surface area (Å²) in [4.78, 5) is 13.1. The first-order chi connectivity index (χ1) is 13.9. The Morgan fingerprint density at radius 1 is 1.27 bits per heavy atom. The molecule has 8 heteroatoms. The lowest BCUT2D eigenvalue weighted by Crippen LogP contribution is -2.50. The Kier molecular flexibility index (Phi) is 5.82. The minimum atomic E-state index is -3.83. The Morgan fingerprint density at radius 3 is 2.60 bits per heavy atom. The predicted molar refractivity (Wildman–Crippen MR) is 115 cm³/mol. The lowest BCUT2D eigenvalue weighted by molar-refractivity contribution is -0.123. The lowest BCUT2D eigenvalue weighted by Gasteiger charge is -2.39. The molecule has 0 radical (unpaired) electrons. The molecule has 2 aromatic carbocycles. The number of carbonyl (C=O) groups is 1. The summed E-state index contributed by atoms with van der Waals surface area (Å²) in [6.45, 7) is 7.33. The van der Waals surface area contributed by atoms with Crippen molar-refractivity contribution >= 4 is 21.6 Å². The fourth-order valence-electron chi connectivity index (χ4n) is 3.80. The summed E-state index contributed by atoms with van der Waals surface area (Å²) in [6, 6.07) is 9.56. The zero-order chi connectivity index (χ0) is 22.3. The number of nitrogens with one attached hydrogen (secondary N) is 1. The van der Waals surface area contributed by atoms with Crippen molar-refractivity contribution in [2.45, 2.75) is 51.8 Å². The van der Waals surface area contributed by atoms with E-state index in [9.17, 15) is 17.6 Å². The second kappa shape index (κ2) is 7.91. The maximum atomic E-state index is 13.7. The van der Waals surface area contributed by atoms with Crippen molar-refractivity contribution in [1.29, 1.82) is 0 Å². The molecule has 0 spiro atoms. The number of hydrogen-bond donors (Lipinski definition) is 1. The molecular formula is C22H27FN2O4S. The molecule has 0 aliphatic carbocycles. The van der Waals surface area contributed by atoms with Crippen LogP contribution in [-0.4, -0.2) is 32.2 Å². The Labute approximate surface area is 177 Å². The van der Waals surface area contributed by atoms with Crippen LogP contribution in [0.15, 0.2) is 42.5 Å². The van der Waals surface area contributed by atoms with Gasteiger partial charge in [0, 0.05) is 12.0 Å². The Morgan fingerprint density at radius 2 is 1.97 bits per heavy atom. The van der Waals surface area contributed by atoms with E-state index in [1.807, 2.05) is 39.0 Å². The van der Waals surface area contributed by atoms with E-state index in [1.54, 1.807) is 0 Å². The zero-order valence-electron chi connectivity index (χ0n) is 17.8.